The molecule has 2 heterocycles. The molecule has 0 N–H and O–H groups in total. The topological polar surface area (TPSA) is 21.8 Å². The van der Waals surface area contributed by atoms with Gasteiger partial charge in [0, 0.05) is 5.41 Å². The molecule has 2 fully saturated rings. The van der Waals surface area contributed by atoms with Crippen molar-refractivity contribution in [2.45, 2.75) is 25.9 Å². The molecule has 10 heavy (non-hydrogen) atoms. The first-order valence-electron chi connectivity index (χ1n) is 3.94. The van der Waals surface area contributed by atoms with E-state index >= 15 is 0 Å². The lowest BCUT2D eigenvalue weighted by Gasteiger charge is -2.44. The Morgan fingerprint density at radius 1 is 1.30 bits per heavy atom. The highest BCUT2D eigenvalue weighted by atomic mass is 16.6. The van der Waals surface area contributed by atoms with Gasteiger partial charge in [-0.2, -0.15) is 0 Å². The number of ether oxygens (including phenoxy) is 2. The maximum absolute atomic E-state index is 5.41. The van der Waals surface area contributed by atoms with E-state index in [1.807, 2.05) is 0 Å². The maximum Gasteiger partial charge on any atom is 0.0988 e. The Bertz CT molecular complexity index is 140. The summed E-state index contributed by atoms with van der Waals surface area (Å²) in [5, 5.41) is 0. The molecule has 0 aromatic heterocycles. The lowest BCUT2D eigenvalue weighted by atomic mass is 9.72. The Balaban J connectivity index is 2.11. The van der Waals surface area contributed by atoms with Gasteiger partial charge in [-0.1, -0.05) is 6.92 Å². The van der Waals surface area contributed by atoms with Crippen molar-refractivity contribution in [3.63, 3.8) is 0 Å². The Labute approximate surface area is 61.5 Å². The van der Waals surface area contributed by atoms with Gasteiger partial charge in [0.15, 0.2) is 0 Å². The molecule has 58 valence electrons. The molecule has 2 nitrogen and oxygen atoms in total. The Morgan fingerprint density at radius 2 is 1.90 bits per heavy atom. The van der Waals surface area contributed by atoms with E-state index < -0.39 is 0 Å². The third-order valence-electron chi connectivity index (χ3n) is 3.13. The second-order valence-electron chi connectivity index (χ2n) is 3.65. The Kier molecular flexibility index (Phi) is 1.15. The van der Waals surface area contributed by atoms with Crippen molar-refractivity contribution < 1.29 is 9.47 Å². The molecule has 0 radical (unpaired) electrons. The van der Waals surface area contributed by atoms with Crippen LogP contribution in [-0.4, -0.2) is 25.4 Å². The summed E-state index contributed by atoms with van der Waals surface area (Å²) in [5.41, 5.74) is 0.535. The predicted octanol–water partition coefficient (Wildman–Crippen LogP) is 1.20. The van der Waals surface area contributed by atoms with E-state index in [4.69, 9.17) is 9.47 Å². The van der Waals surface area contributed by atoms with Crippen molar-refractivity contribution in [2.75, 3.05) is 19.8 Å². The molecule has 0 saturated carbocycles. The van der Waals surface area contributed by atoms with Gasteiger partial charge in [-0.05, 0) is 13.3 Å². The molecule has 0 amide bonds. The van der Waals surface area contributed by atoms with E-state index in [9.17, 15) is 0 Å². The van der Waals surface area contributed by atoms with Crippen molar-refractivity contribution in [2.24, 2.45) is 5.41 Å². The molecule has 0 aromatic carbocycles. The molecular formula is C8H14O2. The highest BCUT2D eigenvalue weighted by molar-refractivity contribution is 5.07. The molecule has 0 aromatic rings. The molecular weight excluding hydrogens is 128 g/mol. The van der Waals surface area contributed by atoms with Crippen LogP contribution in [0.25, 0.3) is 0 Å². The summed E-state index contributed by atoms with van der Waals surface area (Å²) >= 11 is 0. The van der Waals surface area contributed by atoms with Crippen LogP contribution in [0.15, 0.2) is 0 Å². The van der Waals surface area contributed by atoms with Gasteiger partial charge in [-0.25, -0.2) is 0 Å². The van der Waals surface area contributed by atoms with Gasteiger partial charge in [-0.3, -0.25) is 0 Å². The fourth-order valence-electron chi connectivity index (χ4n) is 1.65. The highest BCUT2D eigenvalue weighted by Crippen LogP contribution is 2.51. The largest absolute Gasteiger partial charge is 0.380 e. The minimum atomic E-state index is 0.167. The summed E-state index contributed by atoms with van der Waals surface area (Å²) in [5.74, 6) is 0. The minimum absolute atomic E-state index is 0.167. The third-order valence-corrected chi connectivity index (χ3v) is 3.13. The van der Waals surface area contributed by atoms with Crippen molar-refractivity contribution >= 4 is 0 Å². The first kappa shape index (κ1) is 6.62. The van der Waals surface area contributed by atoms with Crippen LogP contribution in [0.1, 0.15) is 20.3 Å². The maximum atomic E-state index is 5.41. The summed E-state index contributed by atoms with van der Waals surface area (Å²) in [6.45, 7) is 7.15. The van der Waals surface area contributed by atoms with Crippen LogP contribution in [0.5, 0.6) is 0 Å². The highest BCUT2D eigenvalue weighted by Gasteiger charge is 2.60. The van der Waals surface area contributed by atoms with Crippen molar-refractivity contribution in [1.29, 1.82) is 0 Å². The zero-order valence-corrected chi connectivity index (χ0v) is 6.64. The van der Waals surface area contributed by atoms with Crippen LogP contribution in [0, 0.1) is 5.41 Å². The number of rotatable bonds is 2. The zero-order valence-electron chi connectivity index (χ0n) is 6.64. The van der Waals surface area contributed by atoms with Crippen LogP contribution >= 0.6 is 0 Å². The number of hydrogen-bond acceptors (Lipinski definition) is 2. The molecule has 0 spiro atoms. The molecule has 0 aliphatic carbocycles. The fourth-order valence-corrected chi connectivity index (χ4v) is 1.65. The van der Waals surface area contributed by atoms with Crippen molar-refractivity contribution in [3.05, 3.63) is 0 Å². The standard InChI is InChI=1S/C8H14O2/c1-3-8(5-9-6-8)7(2)4-10-7/h3-6H2,1-2H3. The smallest absolute Gasteiger partial charge is 0.0988 e. The molecule has 2 heteroatoms. The lowest BCUT2D eigenvalue weighted by molar-refractivity contribution is -0.151. The van der Waals surface area contributed by atoms with Crippen molar-refractivity contribution in [3.8, 4) is 0 Å². The average Bonchev–Trinajstić information content (AvgIpc) is 2.47. The van der Waals surface area contributed by atoms with Crippen LogP contribution in [0.3, 0.4) is 0 Å². The zero-order chi connectivity index (χ0) is 7.24. The summed E-state index contributed by atoms with van der Waals surface area (Å²) < 4.78 is 10.6. The van der Waals surface area contributed by atoms with Gasteiger partial charge in [0.05, 0.1) is 25.4 Å². The summed E-state index contributed by atoms with van der Waals surface area (Å²) in [6.07, 6.45) is 1.18. The predicted molar refractivity (Wildman–Crippen MR) is 37.9 cm³/mol. The SMILES string of the molecule is CCC1(C2(C)CO2)COC1. The summed E-state index contributed by atoms with van der Waals surface area (Å²) in [4.78, 5) is 0. The fraction of sp³-hybridized carbons (Fsp3) is 1.00. The van der Waals surface area contributed by atoms with E-state index in [2.05, 4.69) is 13.8 Å². The second-order valence-corrected chi connectivity index (χ2v) is 3.65. The molecule has 2 saturated heterocycles. The van der Waals surface area contributed by atoms with Gasteiger partial charge in [0.25, 0.3) is 0 Å². The lowest BCUT2D eigenvalue weighted by Crippen LogP contribution is -2.52. The summed E-state index contributed by atoms with van der Waals surface area (Å²) in [7, 11) is 0. The number of epoxide rings is 1. The Morgan fingerprint density at radius 3 is 2.00 bits per heavy atom. The first-order chi connectivity index (χ1) is 4.72. The molecule has 2 aliphatic heterocycles. The molecule has 0 bridgehead atoms. The van der Waals surface area contributed by atoms with E-state index in [0.29, 0.717) is 5.41 Å². The van der Waals surface area contributed by atoms with E-state index in [1.165, 1.54) is 6.42 Å². The van der Waals surface area contributed by atoms with Crippen LogP contribution in [0.4, 0.5) is 0 Å². The van der Waals surface area contributed by atoms with Gasteiger partial charge in [-0.15, -0.1) is 0 Å². The van der Waals surface area contributed by atoms with E-state index in [-0.39, 0.29) is 5.60 Å². The van der Waals surface area contributed by atoms with E-state index in [0.717, 1.165) is 19.8 Å². The van der Waals surface area contributed by atoms with Gasteiger partial charge < -0.3 is 9.47 Å². The van der Waals surface area contributed by atoms with Gasteiger partial charge in [0.1, 0.15) is 0 Å². The van der Waals surface area contributed by atoms with Crippen LogP contribution in [-0.2, 0) is 9.47 Å². The van der Waals surface area contributed by atoms with Crippen LogP contribution in [0.2, 0.25) is 0 Å². The Hall–Kier alpha value is -0.0800. The monoisotopic (exact) mass is 142 g/mol. The normalized spacial score (nSPS) is 42.6. The first-order valence-corrected chi connectivity index (χ1v) is 3.94. The minimum Gasteiger partial charge on any atom is -0.380 e. The quantitative estimate of drug-likeness (QED) is 0.540. The van der Waals surface area contributed by atoms with E-state index in [1.54, 1.807) is 0 Å². The number of hydrogen-bond donors (Lipinski definition) is 0. The van der Waals surface area contributed by atoms with Gasteiger partial charge >= 0.3 is 0 Å². The van der Waals surface area contributed by atoms with Gasteiger partial charge in [0.2, 0.25) is 0 Å². The summed E-state index contributed by atoms with van der Waals surface area (Å²) in [6, 6.07) is 0. The molecule has 2 rings (SSSR count). The van der Waals surface area contributed by atoms with Crippen molar-refractivity contribution in [1.82, 2.24) is 0 Å². The molecule has 1 unspecified atom stereocenters. The molecule has 1 atom stereocenters. The molecule has 2 aliphatic rings. The average molecular weight is 142 g/mol. The van der Waals surface area contributed by atoms with Crippen LogP contribution < -0.4 is 0 Å². The second kappa shape index (κ2) is 1.74. The third kappa shape index (κ3) is 0.611.